The third-order valence-electron chi connectivity index (χ3n) is 2.96. The molecule has 0 aliphatic rings. The second-order valence-corrected chi connectivity index (χ2v) is 5.43. The van der Waals surface area contributed by atoms with E-state index in [2.05, 4.69) is 32.6 Å². The first-order valence-corrected chi connectivity index (χ1v) is 7.18. The highest BCUT2D eigenvalue weighted by Gasteiger charge is 2.07. The fraction of sp³-hybridized carbons (Fsp3) is 0.125. The number of hydrogen-bond donors (Lipinski definition) is 2. The maximum Gasteiger partial charge on any atom is 0.243 e. The van der Waals surface area contributed by atoms with Gasteiger partial charge >= 0.3 is 0 Å². The first-order chi connectivity index (χ1) is 10.1. The molecule has 2 rings (SSSR count). The molecule has 0 aliphatic carbocycles. The zero-order valence-electron chi connectivity index (χ0n) is 11.5. The molecule has 21 heavy (non-hydrogen) atoms. The number of halogens is 1. The van der Waals surface area contributed by atoms with E-state index in [9.17, 15) is 4.79 Å². The van der Waals surface area contributed by atoms with Crippen molar-refractivity contribution >= 4 is 33.2 Å². The maximum atomic E-state index is 11.9. The summed E-state index contributed by atoms with van der Waals surface area (Å²) in [7, 11) is 0. The van der Waals surface area contributed by atoms with Gasteiger partial charge in [-0.1, -0.05) is 34.1 Å². The van der Waals surface area contributed by atoms with Gasteiger partial charge < -0.3 is 10.6 Å². The maximum absolute atomic E-state index is 11.9. The summed E-state index contributed by atoms with van der Waals surface area (Å²) in [6.07, 6.45) is 0. The number of nitrogens with one attached hydrogen (secondary N) is 2. The molecular weight excluding hydrogens is 330 g/mol. The Hall–Kier alpha value is -2.32. The van der Waals surface area contributed by atoms with Crippen LogP contribution < -0.4 is 10.6 Å². The van der Waals surface area contributed by atoms with Crippen molar-refractivity contribution in [3.05, 3.63) is 58.1 Å². The highest BCUT2D eigenvalue weighted by Crippen LogP contribution is 2.20. The van der Waals surface area contributed by atoms with Crippen LogP contribution in [0.3, 0.4) is 0 Å². The van der Waals surface area contributed by atoms with Crippen LogP contribution in [-0.2, 0) is 4.79 Å². The number of anilines is 2. The van der Waals surface area contributed by atoms with Gasteiger partial charge in [0.05, 0.1) is 17.8 Å². The quantitative estimate of drug-likeness (QED) is 0.889. The molecule has 0 fully saturated rings. The first-order valence-electron chi connectivity index (χ1n) is 6.39. The predicted octanol–water partition coefficient (Wildman–Crippen LogP) is 3.68. The van der Waals surface area contributed by atoms with Crippen molar-refractivity contribution in [3.63, 3.8) is 0 Å². The monoisotopic (exact) mass is 343 g/mol. The van der Waals surface area contributed by atoms with Crippen molar-refractivity contribution in [1.82, 2.24) is 0 Å². The minimum atomic E-state index is -0.156. The molecule has 0 aliphatic heterocycles. The number of aryl methyl sites for hydroxylation is 1. The van der Waals surface area contributed by atoms with Gasteiger partial charge in [-0.05, 0) is 36.8 Å². The van der Waals surface area contributed by atoms with E-state index in [4.69, 9.17) is 5.26 Å². The predicted molar refractivity (Wildman–Crippen MR) is 87.2 cm³/mol. The zero-order chi connectivity index (χ0) is 15.2. The average molecular weight is 344 g/mol. The van der Waals surface area contributed by atoms with Crippen LogP contribution in [0.2, 0.25) is 0 Å². The lowest BCUT2D eigenvalue weighted by molar-refractivity contribution is -0.114. The van der Waals surface area contributed by atoms with Crippen LogP contribution in [0.4, 0.5) is 11.4 Å². The molecule has 0 saturated heterocycles. The zero-order valence-corrected chi connectivity index (χ0v) is 13.1. The minimum absolute atomic E-state index is 0.102. The third-order valence-corrected chi connectivity index (χ3v) is 3.45. The van der Waals surface area contributed by atoms with Gasteiger partial charge in [-0.25, -0.2) is 0 Å². The second-order valence-electron chi connectivity index (χ2n) is 4.52. The lowest BCUT2D eigenvalue weighted by Gasteiger charge is -2.10. The Balaban J connectivity index is 1.99. The Labute approximate surface area is 131 Å². The number of hydrogen-bond acceptors (Lipinski definition) is 3. The Morgan fingerprint density at radius 1 is 1.24 bits per heavy atom. The van der Waals surface area contributed by atoms with Crippen LogP contribution in [0.1, 0.15) is 11.1 Å². The summed E-state index contributed by atoms with van der Waals surface area (Å²) in [4.78, 5) is 11.9. The van der Waals surface area contributed by atoms with Crippen molar-refractivity contribution in [2.75, 3.05) is 17.2 Å². The SMILES string of the molecule is Cc1ccccc1NC(=O)CNc1ccc(Br)cc1C#N. The molecule has 0 atom stereocenters. The molecule has 0 heterocycles. The number of carbonyl (C=O) groups is 1. The molecule has 106 valence electrons. The molecule has 0 saturated carbocycles. The number of carbonyl (C=O) groups excluding carboxylic acids is 1. The molecule has 0 aromatic heterocycles. The highest BCUT2D eigenvalue weighted by atomic mass is 79.9. The standard InChI is InChI=1S/C16H14BrN3O/c1-11-4-2-3-5-14(11)20-16(21)10-19-15-7-6-13(17)8-12(15)9-18/h2-8,19H,10H2,1H3,(H,20,21). The lowest BCUT2D eigenvalue weighted by Crippen LogP contribution is -2.22. The number of benzene rings is 2. The van der Waals surface area contributed by atoms with Gasteiger partial charge in [0.1, 0.15) is 6.07 Å². The van der Waals surface area contributed by atoms with Crippen LogP contribution >= 0.6 is 15.9 Å². The molecule has 1 amide bonds. The van der Waals surface area contributed by atoms with Gasteiger partial charge in [0, 0.05) is 10.2 Å². The van der Waals surface area contributed by atoms with E-state index in [0.29, 0.717) is 11.3 Å². The number of amides is 1. The Morgan fingerprint density at radius 3 is 2.71 bits per heavy atom. The Kier molecular flexibility index (Phi) is 4.96. The summed E-state index contributed by atoms with van der Waals surface area (Å²) in [5.74, 6) is -0.156. The van der Waals surface area contributed by atoms with Crippen LogP contribution in [-0.4, -0.2) is 12.5 Å². The van der Waals surface area contributed by atoms with Crippen molar-refractivity contribution in [2.24, 2.45) is 0 Å². The van der Waals surface area contributed by atoms with E-state index in [1.165, 1.54) is 0 Å². The van der Waals surface area contributed by atoms with Crippen molar-refractivity contribution in [2.45, 2.75) is 6.92 Å². The van der Waals surface area contributed by atoms with Crippen LogP contribution in [0, 0.1) is 18.3 Å². The van der Waals surface area contributed by atoms with Gasteiger partial charge in [-0.15, -0.1) is 0 Å². The van der Waals surface area contributed by atoms with E-state index in [1.54, 1.807) is 12.1 Å². The van der Waals surface area contributed by atoms with E-state index in [0.717, 1.165) is 15.7 Å². The normalized spacial score (nSPS) is 9.76. The molecule has 2 aromatic carbocycles. The molecule has 0 bridgehead atoms. The molecule has 4 nitrogen and oxygen atoms in total. The van der Waals surface area contributed by atoms with Crippen molar-refractivity contribution < 1.29 is 4.79 Å². The van der Waals surface area contributed by atoms with Gasteiger partial charge in [-0.2, -0.15) is 5.26 Å². The van der Waals surface area contributed by atoms with Crippen molar-refractivity contribution in [3.8, 4) is 6.07 Å². The van der Waals surface area contributed by atoms with Crippen LogP contribution in [0.25, 0.3) is 0 Å². The molecule has 0 radical (unpaired) electrons. The molecule has 0 unspecified atom stereocenters. The van der Waals surface area contributed by atoms with E-state index in [-0.39, 0.29) is 12.5 Å². The number of para-hydroxylation sites is 1. The smallest absolute Gasteiger partial charge is 0.243 e. The average Bonchev–Trinajstić information content (AvgIpc) is 2.48. The molecule has 2 aromatic rings. The number of nitrogens with zero attached hydrogens (tertiary/aromatic N) is 1. The molecule has 5 heteroatoms. The topological polar surface area (TPSA) is 64.9 Å². The first kappa shape index (κ1) is 15.1. The van der Waals surface area contributed by atoms with Crippen LogP contribution in [0.5, 0.6) is 0 Å². The van der Waals surface area contributed by atoms with Crippen LogP contribution in [0.15, 0.2) is 46.9 Å². The molecule has 2 N–H and O–H groups in total. The van der Waals surface area contributed by atoms with Gasteiger partial charge in [0.25, 0.3) is 0 Å². The van der Waals surface area contributed by atoms with Gasteiger partial charge in [0.15, 0.2) is 0 Å². The van der Waals surface area contributed by atoms with Crippen molar-refractivity contribution in [1.29, 1.82) is 5.26 Å². The fourth-order valence-electron chi connectivity index (χ4n) is 1.85. The largest absolute Gasteiger partial charge is 0.375 e. The molecular formula is C16H14BrN3O. The van der Waals surface area contributed by atoms with E-state index >= 15 is 0 Å². The second kappa shape index (κ2) is 6.91. The number of rotatable bonds is 4. The summed E-state index contributed by atoms with van der Waals surface area (Å²) in [5.41, 5.74) is 2.93. The van der Waals surface area contributed by atoms with E-state index < -0.39 is 0 Å². The summed E-state index contributed by atoms with van der Waals surface area (Å²) in [6, 6.07) is 15.0. The lowest BCUT2D eigenvalue weighted by atomic mass is 10.2. The van der Waals surface area contributed by atoms with Gasteiger partial charge in [0.2, 0.25) is 5.91 Å². The minimum Gasteiger partial charge on any atom is -0.375 e. The fourth-order valence-corrected chi connectivity index (χ4v) is 2.21. The Morgan fingerprint density at radius 2 is 2.00 bits per heavy atom. The summed E-state index contributed by atoms with van der Waals surface area (Å²) >= 11 is 3.31. The van der Waals surface area contributed by atoms with Gasteiger partial charge in [-0.3, -0.25) is 4.79 Å². The summed E-state index contributed by atoms with van der Waals surface area (Å²) in [6.45, 7) is 2.04. The molecule has 0 spiro atoms. The summed E-state index contributed by atoms with van der Waals surface area (Å²) < 4.78 is 0.828. The summed E-state index contributed by atoms with van der Waals surface area (Å²) in [5, 5.41) is 14.9. The Bertz CT molecular complexity index is 707. The third kappa shape index (κ3) is 4.07. The highest BCUT2D eigenvalue weighted by molar-refractivity contribution is 9.10. The van der Waals surface area contributed by atoms with E-state index in [1.807, 2.05) is 37.3 Å². The number of nitriles is 1.